The molecule has 0 bridgehead atoms. The number of thiocarbonyl (C=S) groups is 1. The normalized spacial score (nSPS) is 15.7. The summed E-state index contributed by atoms with van der Waals surface area (Å²) in [6, 6.07) is 14.4. The number of nitrogens with zero attached hydrogens (tertiary/aromatic N) is 1. The van der Waals surface area contributed by atoms with Gasteiger partial charge >= 0.3 is 0 Å². The summed E-state index contributed by atoms with van der Waals surface area (Å²) >= 11 is 11.8. The summed E-state index contributed by atoms with van der Waals surface area (Å²) in [5, 5.41) is 8.03. The van der Waals surface area contributed by atoms with Crippen LogP contribution < -0.4 is 15.4 Å². The van der Waals surface area contributed by atoms with Crippen molar-refractivity contribution in [1.82, 2.24) is 10.2 Å². The number of hydrogen-bond acceptors (Lipinski definition) is 3. The van der Waals surface area contributed by atoms with Crippen molar-refractivity contribution in [2.75, 3.05) is 32.1 Å². The third-order valence-electron chi connectivity index (χ3n) is 5.30. The fraction of sp³-hybridized carbons (Fsp3) is 0.409. The van der Waals surface area contributed by atoms with Crippen molar-refractivity contribution in [2.45, 2.75) is 32.2 Å². The fourth-order valence-electron chi connectivity index (χ4n) is 3.61. The van der Waals surface area contributed by atoms with Gasteiger partial charge in [-0.05, 0) is 80.5 Å². The minimum Gasteiger partial charge on any atom is -0.497 e. The molecule has 1 aliphatic rings. The van der Waals surface area contributed by atoms with Crippen LogP contribution in [0.3, 0.4) is 0 Å². The van der Waals surface area contributed by atoms with E-state index in [1.54, 1.807) is 7.11 Å². The third kappa shape index (κ3) is 5.37. The van der Waals surface area contributed by atoms with Gasteiger partial charge in [-0.15, -0.1) is 0 Å². The second kappa shape index (κ2) is 10.1. The average Bonchev–Trinajstić information content (AvgIpc) is 2.73. The molecule has 1 unspecified atom stereocenters. The van der Waals surface area contributed by atoms with Gasteiger partial charge in [0.1, 0.15) is 5.75 Å². The summed E-state index contributed by atoms with van der Waals surface area (Å²) in [7, 11) is 1.70. The van der Waals surface area contributed by atoms with Crippen molar-refractivity contribution < 1.29 is 4.74 Å². The molecule has 0 aromatic heterocycles. The number of halogens is 1. The van der Waals surface area contributed by atoms with Gasteiger partial charge in [0.25, 0.3) is 0 Å². The number of piperidine rings is 1. The molecule has 1 heterocycles. The minimum absolute atomic E-state index is 0.270. The molecule has 2 aromatic carbocycles. The lowest BCUT2D eigenvalue weighted by Gasteiger charge is -2.35. The maximum absolute atomic E-state index is 6.21. The Morgan fingerprint density at radius 2 is 1.86 bits per heavy atom. The van der Waals surface area contributed by atoms with E-state index >= 15 is 0 Å². The first-order valence-corrected chi connectivity index (χ1v) is 10.5. The Kier molecular flexibility index (Phi) is 7.54. The number of hydrogen-bond donors (Lipinski definition) is 2. The molecule has 28 heavy (non-hydrogen) atoms. The van der Waals surface area contributed by atoms with Crippen molar-refractivity contribution >= 4 is 34.6 Å². The Balaban J connectivity index is 1.68. The summed E-state index contributed by atoms with van der Waals surface area (Å²) in [5.74, 6) is 0.878. The minimum atomic E-state index is 0.270. The number of likely N-dealkylation sites (tertiary alicyclic amines) is 1. The highest BCUT2D eigenvalue weighted by atomic mass is 35.5. The van der Waals surface area contributed by atoms with Crippen LogP contribution >= 0.6 is 23.8 Å². The van der Waals surface area contributed by atoms with Crippen LogP contribution in [0.5, 0.6) is 5.75 Å². The molecule has 0 aliphatic carbocycles. The van der Waals surface area contributed by atoms with E-state index in [4.69, 9.17) is 28.6 Å². The Morgan fingerprint density at radius 3 is 2.54 bits per heavy atom. The molecule has 1 fully saturated rings. The van der Waals surface area contributed by atoms with E-state index in [2.05, 4.69) is 27.7 Å². The highest BCUT2D eigenvalue weighted by Crippen LogP contribution is 2.26. The van der Waals surface area contributed by atoms with E-state index in [1.165, 1.54) is 24.8 Å². The first kappa shape index (κ1) is 20.9. The van der Waals surface area contributed by atoms with E-state index in [9.17, 15) is 0 Å². The summed E-state index contributed by atoms with van der Waals surface area (Å²) in [6.07, 6.45) is 3.81. The molecule has 1 saturated heterocycles. The van der Waals surface area contributed by atoms with Crippen molar-refractivity contribution in [1.29, 1.82) is 0 Å². The van der Waals surface area contributed by atoms with E-state index in [1.807, 2.05) is 37.3 Å². The Hall–Kier alpha value is -1.82. The average molecular weight is 418 g/mol. The molecule has 1 aliphatic heterocycles. The summed E-state index contributed by atoms with van der Waals surface area (Å²) < 4.78 is 5.31. The van der Waals surface area contributed by atoms with Crippen molar-refractivity contribution in [3.8, 4) is 5.75 Å². The quantitative estimate of drug-likeness (QED) is 0.634. The lowest BCUT2D eigenvalue weighted by atomic mass is 10.0. The molecule has 150 valence electrons. The molecule has 3 rings (SSSR count). The van der Waals surface area contributed by atoms with Gasteiger partial charge in [0.2, 0.25) is 0 Å². The lowest BCUT2D eigenvalue weighted by molar-refractivity contribution is 0.164. The van der Waals surface area contributed by atoms with Crippen LogP contribution in [-0.2, 0) is 0 Å². The van der Waals surface area contributed by atoms with Crippen molar-refractivity contribution in [2.24, 2.45) is 0 Å². The molecule has 1 atom stereocenters. The fourth-order valence-corrected chi connectivity index (χ4v) is 3.98. The Labute approximate surface area is 178 Å². The van der Waals surface area contributed by atoms with Gasteiger partial charge in [-0.3, -0.25) is 4.90 Å². The zero-order valence-electron chi connectivity index (χ0n) is 16.5. The number of rotatable bonds is 6. The van der Waals surface area contributed by atoms with Gasteiger partial charge < -0.3 is 15.4 Å². The van der Waals surface area contributed by atoms with Crippen LogP contribution in [-0.4, -0.2) is 36.8 Å². The molecule has 0 amide bonds. The molecule has 2 aromatic rings. The molecule has 4 nitrogen and oxygen atoms in total. The largest absolute Gasteiger partial charge is 0.497 e. The predicted molar refractivity (Wildman–Crippen MR) is 122 cm³/mol. The topological polar surface area (TPSA) is 36.5 Å². The summed E-state index contributed by atoms with van der Waals surface area (Å²) in [4.78, 5) is 2.55. The zero-order chi connectivity index (χ0) is 19.9. The monoisotopic (exact) mass is 417 g/mol. The van der Waals surface area contributed by atoms with E-state index in [-0.39, 0.29) is 6.04 Å². The van der Waals surface area contributed by atoms with Crippen LogP contribution in [0, 0.1) is 6.92 Å². The number of anilines is 1. The number of ether oxygens (including phenoxy) is 1. The predicted octanol–water partition coefficient (Wildman–Crippen LogP) is 5.17. The highest BCUT2D eigenvalue weighted by Gasteiger charge is 2.22. The first-order valence-electron chi connectivity index (χ1n) is 9.76. The van der Waals surface area contributed by atoms with Crippen LogP contribution in [0.25, 0.3) is 0 Å². The molecular formula is C22H28ClN3OS. The van der Waals surface area contributed by atoms with Crippen LogP contribution in [0.15, 0.2) is 42.5 Å². The molecule has 0 saturated carbocycles. The van der Waals surface area contributed by atoms with Gasteiger partial charge in [-0.2, -0.15) is 0 Å². The smallest absolute Gasteiger partial charge is 0.170 e. The summed E-state index contributed by atoms with van der Waals surface area (Å²) in [6.45, 7) is 4.97. The highest BCUT2D eigenvalue weighted by molar-refractivity contribution is 7.80. The standard InChI is InChI=1S/C22H28ClN3OS/c1-16-19(23)7-6-8-20(16)25-22(28)24-15-21(26-13-4-3-5-14-26)17-9-11-18(27-2)12-10-17/h6-12,21H,3-5,13-15H2,1-2H3,(H2,24,25,28). The zero-order valence-corrected chi connectivity index (χ0v) is 18.1. The number of nitrogens with one attached hydrogen (secondary N) is 2. The van der Waals surface area contributed by atoms with Crippen molar-refractivity contribution in [3.05, 3.63) is 58.6 Å². The van der Waals surface area contributed by atoms with Gasteiger partial charge in [0.05, 0.1) is 13.2 Å². The van der Waals surface area contributed by atoms with Gasteiger partial charge in [-0.25, -0.2) is 0 Å². The van der Waals surface area contributed by atoms with Gasteiger partial charge in [0, 0.05) is 17.3 Å². The third-order valence-corrected chi connectivity index (χ3v) is 5.96. The summed E-state index contributed by atoms with van der Waals surface area (Å²) in [5.41, 5.74) is 3.21. The lowest BCUT2D eigenvalue weighted by Crippen LogP contribution is -2.41. The number of benzene rings is 2. The SMILES string of the molecule is COc1ccc(C(CNC(=S)Nc2cccc(Cl)c2C)N2CCCCC2)cc1. The van der Waals surface area contributed by atoms with Gasteiger partial charge in [0.15, 0.2) is 5.11 Å². The van der Waals surface area contributed by atoms with Crippen molar-refractivity contribution in [3.63, 3.8) is 0 Å². The second-order valence-electron chi connectivity index (χ2n) is 7.13. The van der Waals surface area contributed by atoms with E-state index < -0.39 is 0 Å². The molecule has 0 radical (unpaired) electrons. The van der Waals surface area contributed by atoms with E-state index in [0.29, 0.717) is 5.11 Å². The molecular weight excluding hydrogens is 390 g/mol. The van der Waals surface area contributed by atoms with E-state index in [0.717, 1.165) is 41.7 Å². The first-order chi connectivity index (χ1) is 13.6. The van der Waals surface area contributed by atoms with Gasteiger partial charge in [-0.1, -0.05) is 36.2 Å². The maximum Gasteiger partial charge on any atom is 0.170 e. The van der Waals surface area contributed by atoms with Crippen LogP contribution in [0.1, 0.15) is 36.4 Å². The number of methoxy groups -OCH3 is 1. The molecule has 0 spiro atoms. The van der Waals surface area contributed by atoms with Crippen LogP contribution in [0.4, 0.5) is 5.69 Å². The Bertz CT molecular complexity index is 791. The molecule has 2 N–H and O–H groups in total. The van der Waals surface area contributed by atoms with Crippen LogP contribution in [0.2, 0.25) is 5.02 Å². The Morgan fingerprint density at radius 1 is 1.14 bits per heavy atom. The maximum atomic E-state index is 6.21. The molecule has 6 heteroatoms. The second-order valence-corrected chi connectivity index (χ2v) is 7.95.